The van der Waals surface area contributed by atoms with Crippen LogP contribution in [0.3, 0.4) is 0 Å². The van der Waals surface area contributed by atoms with Gasteiger partial charge < -0.3 is 19.4 Å². The topological polar surface area (TPSA) is 48.9 Å². The molecule has 142 valence electrons. The normalized spacial score (nSPS) is 17.9. The number of aryl methyl sites for hydroxylation is 1. The summed E-state index contributed by atoms with van der Waals surface area (Å²) in [5, 5.41) is 0. The minimum absolute atomic E-state index is 0.0222. The lowest BCUT2D eigenvalue weighted by Gasteiger charge is -2.36. The molecule has 0 unspecified atom stereocenters. The summed E-state index contributed by atoms with van der Waals surface area (Å²) in [7, 11) is 0. The minimum atomic E-state index is 0.0222. The minimum Gasteiger partial charge on any atom is -0.378 e. The average Bonchev–Trinajstić information content (AvgIpc) is 2.74. The molecule has 1 aromatic heterocycles. The van der Waals surface area contributed by atoms with Crippen molar-refractivity contribution >= 4 is 17.3 Å². The fraction of sp³-hybridized carbons (Fsp3) is 0.429. The average molecular weight is 366 g/mol. The second kappa shape index (κ2) is 7.96. The third-order valence-electron chi connectivity index (χ3n) is 5.27. The van der Waals surface area contributed by atoms with Gasteiger partial charge in [-0.15, -0.1) is 0 Å². The number of hydrogen-bond donors (Lipinski definition) is 0. The number of rotatable bonds is 3. The van der Waals surface area contributed by atoms with Crippen molar-refractivity contribution in [1.29, 1.82) is 0 Å². The van der Waals surface area contributed by atoms with Crippen LogP contribution >= 0.6 is 0 Å². The molecule has 1 amide bonds. The number of morpholine rings is 1. The van der Waals surface area contributed by atoms with E-state index in [2.05, 4.69) is 46.0 Å². The van der Waals surface area contributed by atoms with Gasteiger partial charge in [0.25, 0.3) is 5.91 Å². The smallest absolute Gasteiger partial charge is 0.272 e. The van der Waals surface area contributed by atoms with E-state index in [9.17, 15) is 4.79 Å². The maximum Gasteiger partial charge on any atom is 0.272 e. The van der Waals surface area contributed by atoms with Crippen LogP contribution in [0.15, 0.2) is 42.6 Å². The van der Waals surface area contributed by atoms with Crippen LogP contribution in [-0.2, 0) is 4.74 Å². The Labute approximate surface area is 160 Å². The Bertz CT molecular complexity index is 796. The zero-order valence-electron chi connectivity index (χ0n) is 15.8. The van der Waals surface area contributed by atoms with E-state index in [1.54, 1.807) is 6.20 Å². The van der Waals surface area contributed by atoms with Crippen molar-refractivity contribution < 1.29 is 9.53 Å². The van der Waals surface area contributed by atoms with Gasteiger partial charge in [-0.3, -0.25) is 9.78 Å². The third kappa shape index (κ3) is 4.06. The van der Waals surface area contributed by atoms with Crippen molar-refractivity contribution in [3.05, 3.63) is 53.9 Å². The van der Waals surface area contributed by atoms with Crippen molar-refractivity contribution in [3.63, 3.8) is 0 Å². The second-order valence-electron chi connectivity index (χ2n) is 7.12. The molecule has 2 aromatic rings. The van der Waals surface area contributed by atoms with Crippen LogP contribution in [0.1, 0.15) is 16.1 Å². The molecule has 27 heavy (non-hydrogen) atoms. The molecular formula is C21H26N4O2. The van der Waals surface area contributed by atoms with Gasteiger partial charge in [0.05, 0.1) is 13.2 Å². The molecule has 0 radical (unpaired) electrons. The Hall–Kier alpha value is -2.60. The zero-order valence-corrected chi connectivity index (χ0v) is 15.8. The van der Waals surface area contributed by atoms with E-state index in [1.165, 1.54) is 11.3 Å². The Morgan fingerprint density at radius 2 is 1.63 bits per heavy atom. The largest absolute Gasteiger partial charge is 0.378 e. The first kappa shape index (κ1) is 17.8. The highest BCUT2D eigenvalue weighted by atomic mass is 16.5. The lowest BCUT2D eigenvalue weighted by molar-refractivity contribution is 0.0741. The highest BCUT2D eigenvalue weighted by molar-refractivity contribution is 5.93. The Balaban J connectivity index is 1.40. The van der Waals surface area contributed by atoms with Crippen LogP contribution in [0, 0.1) is 6.92 Å². The van der Waals surface area contributed by atoms with Crippen molar-refractivity contribution in [3.8, 4) is 0 Å². The molecule has 3 heterocycles. The van der Waals surface area contributed by atoms with E-state index in [-0.39, 0.29) is 5.91 Å². The number of carbonyl (C=O) groups excluding carboxylic acids is 1. The van der Waals surface area contributed by atoms with Crippen LogP contribution in [0.2, 0.25) is 0 Å². The maximum atomic E-state index is 12.9. The summed E-state index contributed by atoms with van der Waals surface area (Å²) in [6.45, 7) is 8.40. The Morgan fingerprint density at radius 3 is 2.37 bits per heavy atom. The molecule has 0 saturated carbocycles. The first-order valence-corrected chi connectivity index (χ1v) is 9.60. The van der Waals surface area contributed by atoms with Gasteiger partial charge in [-0.2, -0.15) is 0 Å². The molecule has 0 aliphatic carbocycles. The summed E-state index contributed by atoms with van der Waals surface area (Å²) in [5.41, 5.74) is 4.07. The highest BCUT2D eigenvalue weighted by Gasteiger charge is 2.24. The molecule has 6 nitrogen and oxygen atoms in total. The molecule has 2 aliphatic heterocycles. The monoisotopic (exact) mass is 366 g/mol. The molecular weight excluding hydrogens is 340 g/mol. The molecule has 1 aromatic carbocycles. The summed E-state index contributed by atoms with van der Waals surface area (Å²) in [6, 6.07) is 12.4. The van der Waals surface area contributed by atoms with Gasteiger partial charge >= 0.3 is 0 Å². The van der Waals surface area contributed by atoms with Gasteiger partial charge in [-0.25, -0.2) is 0 Å². The van der Waals surface area contributed by atoms with E-state index < -0.39 is 0 Å². The standard InChI is InChI=1S/C21H26N4O2/c1-17-3-2-4-18(15-17)23-7-9-25(10-8-23)21(26)20-16-19(5-6-22-20)24-11-13-27-14-12-24/h2-6,15-16H,7-14H2,1H3. The number of benzene rings is 1. The van der Waals surface area contributed by atoms with E-state index in [0.29, 0.717) is 5.69 Å². The molecule has 0 atom stereocenters. The van der Waals surface area contributed by atoms with E-state index in [0.717, 1.165) is 58.2 Å². The molecule has 2 saturated heterocycles. The van der Waals surface area contributed by atoms with Crippen LogP contribution < -0.4 is 9.80 Å². The van der Waals surface area contributed by atoms with Crippen LogP contribution in [0.4, 0.5) is 11.4 Å². The number of nitrogens with zero attached hydrogens (tertiary/aromatic N) is 4. The number of ether oxygens (including phenoxy) is 1. The number of pyridine rings is 1. The van der Waals surface area contributed by atoms with E-state index in [4.69, 9.17) is 4.74 Å². The fourth-order valence-electron chi connectivity index (χ4n) is 3.71. The van der Waals surface area contributed by atoms with E-state index in [1.807, 2.05) is 17.0 Å². The number of aromatic nitrogens is 1. The molecule has 2 fully saturated rings. The Morgan fingerprint density at radius 1 is 0.926 bits per heavy atom. The number of carbonyl (C=O) groups is 1. The van der Waals surface area contributed by atoms with E-state index >= 15 is 0 Å². The van der Waals surface area contributed by atoms with Crippen molar-refractivity contribution in [2.75, 3.05) is 62.3 Å². The van der Waals surface area contributed by atoms with Crippen molar-refractivity contribution in [1.82, 2.24) is 9.88 Å². The van der Waals surface area contributed by atoms with Gasteiger partial charge in [0.2, 0.25) is 0 Å². The Kier molecular flexibility index (Phi) is 5.25. The second-order valence-corrected chi connectivity index (χ2v) is 7.12. The highest BCUT2D eigenvalue weighted by Crippen LogP contribution is 2.20. The van der Waals surface area contributed by atoms with Crippen molar-refractivity contribution in [2.24, 2.45) is 0 Å². The van der Waals surface area contributed by atoms with Gasteiger partial charge in [-0.05, 0) is 36.8 Å². The van der Waals surface area contributed by atoms with Crippen LogP contribution in [0.5, 0.6) is 0 Å². The van der Waals surface area contributed by atoms with Crippen LogP contribution in [0.25, 0.3) is 0 Å². The number of piperazine rings is 1. The molecule has 0 N–H and O–H groups in total. The summed E-state index contributed by atoms with van der Waals surface area (Å²) in [6.07, 6.45) is 1.74. The van der Waals surface area contributed by atoms with Crippen LogP contribution in [-0.4, -0.2) is 68.3 Å². The molecule has 4 rings (SSSR count). The number of anilines is 2. The molecule has 0 spiro atoms. The lowest BCUT2D eigenvalue weighted by atomic mass is 10.2. The zero-order chi connectivity index (χ0) is 18.6. The first-order valence-electron chi connectivity index (χ1n) is 9.60. The summed E-state index contributed by atoms with van der Waals surface area (Å²) in [5.74, 6) is 0.0222. The van der Waals surface area contributed by atoms with Gasteiger partial charge in [0, 0.05) is 56.8 Å². The summed E-state index contributed by atoms with van der Waals surface area (Å²) in [4.78, 5) is 23.8. The SMILES string of the molecule is Cc1cccc(N2CCN(C(=O)c3cc(N4CCOCC4)ccn3)CC2)c1. The number of amides is 1. The molecule has 0 bridgehead atoms. The van der Waals surface area contributed by atoms with Crippen molar-refractivity contribution in [2.45, 2.75) is 6.92 Å². The lowest BCUT2D eigenvalue weighted by Crippen LogP contribution is -2.49. The molecule has 2 aliphatic rings. The third-order valence-corrected chi connectivity index (χ3v) is 5.27. The predicted molar refractivity (Wildman–Crippen MR) is 107 cm³/mol. The summed E-state index contributed by atoms with van der Waals surface area (Å²) >= 11 is 0. The van der Waals surface area contributed by atoms with Gasteiger partial charge in [0.15, 0.2) is 0 Å². The van der Waals surface area contributed by atoms with Gasteiger partial charge in [-0.1, -0.05) is 12.1 Å². The summed E-state index contributed by atoms with van der Waals surface area (Å²) < 4.78 is 5.41. The predicted octanol–water partition coefficient (Wildman–Crippen LogP) is 2.19. The quantitative estimate of drug-likeness (QED) is 0.833. The molecule has 6 heteroatoms. The fourth-order valence-corrected chi connectivity index (χ4v) is 3.71. The van der Waals surface area contributed by atoms with Gasteiger partial charge in [0.1, 0.15) is 5.69 Å². The first-order chi connectivity index (χ1) is 13.2. The number of hydrogen-bond acceptors (Lipinski definition) is 5. The maximum absolute atomic E-state index is 12.9.